The highest BCUT2D eigenvalue weighted by atomic mass is 16.5. The zero-order valence-corrected chi connectivity index (χ0v) is 10.0. The van der Waals surface area contributed by atoms with Crippen molar-refractivity contribution in [2.75, 3.05) is 6.61 Å². The first-order chi connectivity index (χ1) is 8.40. The second-order valence-electron chi connectivity index (χ2n) is 3.86. The van der Waals surface area contributed by atoms with Gasteiger partial charge in [0.25, 0.3) is 0 Å². The van der Waals surface area contributed by atoms with Gasteiger partial charge in [-0.25, -0.2) is 4.68 Å². The summed E-state index contributed by atoms with van der Waals surface area (Å²) in [7, 11) is 0. The summed E-state index contributed by atoms with van der Waals surface area (Å²) < 4.78 is 7.18. The first-order valence-electron chi connectivity index (χ1n) is 6.00. The normalized spacial score (nSPS) is 10.4. The third-order valence-electron chi connectivity index (χ3n) is 2.47. The van der Waals surface area contributed by atoms with E-state index in [0.29, 0.717) is 12.6 Å². The van der Waals surface area contributed by atoms with Gasteiger partial charge in [0.2, 0.25) is 0 Å². The number of unbranched alkanes of at least 4 members (excludes halogenated alkanes) is 2. The average molecular weight is 231 g/mol. The van der Waals surface area contributed by atoms with Gasteiger partial charge in [-0.05, 0) is 18.6 Å². The van der Waals surface area contributed by atoms with Gasteiger partial charge in [-0.1, -0.05) is 38.0 Å². The van der Waals surface area contributed by atoms with Crippen LogP contribution >= 0.6 is 0 Å². The van der Waals surface area contributed by atoms with Crippen LogP contribution in [0.2, 0.25) is 0 Å². The fourth-order valence-corrected chi connectivity index (χ4v) is 1.53. The lowest BCUT2D eigenvalue weighted by molar-refractivity contribution is 0.283. The van der Waals surface area contributed by atoms with Gasteiger partial charge in [0, 0.05) is 0 Å². The minimum atomic E-state index is 0.449. The molecule has 4 heteroatoms. The molecule has 0 N–H and O–H groups in total. The molecule has 1 heterocycles. The molecule has 0 unspecified atom stereocenters. The van der Waals surface area contributed by atoms with Gasteiger partial charge >= 0.3 is 6.01 Å². The van der Waals surface area contributed by atoms with Crippen molar-refractivity contribution in [2.45, 2.75) is 26.2 Å². The van der Waals surface area contributed by atoms with Crippen LogP contribution in [0.25, 0.3) is 5.69 Å². The lowest BCUT2D eigenvalue weighted by Gasteiger charge is -2.00. The molecule has 4 nitrogen and oxygen atoms in total. The Balaban J connectivity index is 1.92. The van der Waals surface area contributed by atoms with Gasteiger partial charge in [0.15, 0.2) is 0 Å². The zero-order valence-electron chi connectivity index (χ0n) is 10.0. The highest BCUT2D eigenvalue weighted by Gasteiger charge is 2.02. The van der Waals surface area contributed by atoms with E-state index in [-0.39, 0.29) is 0 Å². The molecule has 0 bridgehead atoms. The minimum Gasteiger partial charge on any atom is -0.462 e. The maximum Gasteiger partial charge on any atom is 0.335 e. The predicted molar refractivity (Wildman–Crippen MR) is 66.4 cm³/mol. The third-order valence-corrected chi connectivity index (χ3v) is 2.47. The van der Waals surface area contributed by atoms with E-state index in [0.717, 1.165) is 12.1 Å². The van der Waals surface area contributed by atoms with Gasteiger partial charge < -0.3 is 4.74 Å². The van der Waals surface area contributed by atoms with E-state index in [4.69, 9.17) is 4.74 Å². The smallest absolute Gasteiger partial charge is 0.335 e. The van der Waals surface area contributed by atoms with Gasteiger partial charge in [-0.15, -0.1) is 5.10 Å². The summed E-state index contributed by atoms with van der Waals surface area (Å²) in [6, 6.07) is 10.3. The van der Waals surface area contributed by atoms with Crippen molar-refractivity contribution in [3.8, 4) is 11.7 Å². The van der Waals surface area contributed by atoms with Crippen molar-refractivity contribution in [3.05, 3.63) is 36.7 Å². The molecule has 0 fully saturated rings. The number of aromatic nitrogens is 3. The van der Waals surface area contributed by atoms with Crippen LogP contribution in [0.1, 0.15) is 26.2 Å². The standard InChI is InChI=1S/C13H17N3O/c1-2-3-7-10-17-13-14-11-16(15-13)12-8-5-4-6-9-12/h4-6,8-9,11H,2-3,7,10H2,1H3. The van der Waals surface area contributed by atoms with Crippen LogP contribution in [0.4, 0.5) is 0 Å². The molecule has 17 heavy (non-hydrogen) atoms. The molecule has 0 aliphatic rings. The average Bonchev–Trinajstić information content (AvgIpc) is 2.85. The first kappa shape index (κ1) is 11.6. The van der Waals surface area contributed by atoms with Crippen LogP contribution in [0.15, 0.2) is 36.7 Å². The topological polar surface area (TPSA) is 39.9 Å². The first-order valence-corrected chi connectivity index (χ1v) is 6.00. The molecular formula is C13H17N3O. The van der Waals surface area contributed by atoms with E-state index in [1.54, 1.807) is 11.0 Å². The van der Waals surface area contributed by atoms with E-state index in [9.17, 15) is 0 Å². The molecule has 2 aromatic rings. The second kappa shape index (κ2) is 6.03. The summed E-state index contributed by atoms with van der Waals surface area (Å²) in [6.07, 6.45) is 5.09. The molecule has 1 aromatic heterocycles. The zero-order chi connectivity index (χ0) is 11.9. The van der Waals surface area contributed by atoms with Crippen molar-refractivity contribution < 1.29 is 4.74 Å². The van der Waals surface area contributed by atoms with Crippen molar-refractivity contribution in [1.82, 2.24) is 14.8 Å². The molecule has 2 rings (SSSR count). The predicted octanol–water partition coefficient (Wildman–Crippen LogP) is 2.84. The number of hydrogen-bond acceptors (Lipinski definition) is 3. The molecular weight excluding hydrogens is 214 g/mol. The van der Waals surface area contributed by atoms with E-state index >= 15 is 0 Å². The van der Waals surface area contributed by atoms with Crippen LogP contribution in [0, 0.1) is 0 Å². The Kier molecular flexibility index (Phi) is 4.13. The number of benzene rings is 1. The molecule has 0 aliphatic carbocycles. The molecule has 0 radical (unpaired) electrons. The van der Waals surface area contributed by atoms with Crippen LogP contribution in [0.5, 0.6) is 6.01 Å². The molecule has 0 spiro atoms. The van der Waals surface area contributed by atoms with Crippen molar-refractivity contribution in [1.29, 1.82) is 0 Å². The van der Waals surface area contributed by atoms with Gasteiger partial charge in [0.1, 0.15) is 6.33 Å². The monoisotopic (exact) mass is 231 g/mol. The molecule has 0 saturated heterocycles. The maximum atomic E-state index is 5.47. The van der Waals surface area contributed by atoms with Gasteiger partial charge in [0.05, 0.1) is 12.3 Å². The molecule has 1 aromatic carbocycles. The van der Waals surface area contributed by atoms with Crippen LogP contribution in [-0.2, 0) is 0 Å². The lowest BCUT2D eigenvalue weighted by Crippen LogP contribution is -2.00. The minimum absolute atomic E-state index is 0.449. The van der Waals surface area contributed by atoms with Gasteiger partial charge in [-0.2, -0.15) is 4.98 Å². The number of hydrogen-bond donors (Lipinski definition) is 0. The SMILES string of the molecule is CCCCCOc1ncn(-c2ccccc2)n1. The van der Waals surface area contributed by atoms with Crippen LogP contribution in [-0.4, -0.2) is 21.4 Å². The summed E-state index contributed by atoms with van der Waals surface area (Å²) in [5.74, 6) is 0. The van der Waals surface area contributed by atoms with Crippen LogP contribution in [0.3, 0.4) is 0 Å². The second-order valence-corrected chi connectivity index (χ2v) is 3.86. The van der Waals surface area contributed by atoms with E-state index in [2.05, 4.69) is 17.0 Å². The van der Waals surface area contributed by atoms with E-state index in [1.807, 2.05) is 30.3 Å². The lowest BCUT2D eigenvalue weighted by atomic mass is 10.3. The Bertz CT molecular complexity index is 439. The van der Waals surface area contributed by atoms with Crippen molar-refractivity contribution in [3.63, 3.8) is 0 Å². The third kappa shape index (κ3) is 3.31. The summed E-state index contributed by atoms with van der Waals surface area (Å²) >= 11 is 0. The fourth-order valence-electron chi connectivity index (χ4n) is 1.53. The Morgan fingerprint density at radius 3 is 2.76 bits per heavy atom. The molecule has 0 atom stereocenters. The fraction of sp³-hybridized carbons (Fsp3) is 0.385. The van der Waals surface area contributed by atoms with Crippen molar-refractivity contribution in [2.24, 2.45) is 0 Å². The molecule has 0 saturated carbocycles. The summed E-state index contributed by atoms with van der Waals surface area (Å²) in [5.41, 5.74) is 0.989. The van der Waals surface area contributed by atoms with Crippen LogP contribution < -0.4 is 4.74 Å². The Morgan fingerprint density at radius 2 is 2.00 bits per heavy atom. The Hall–Kier alpha value is -1.84. The Morgan fingerprint density at radius 1 is 1.18 bits per heavy atom. The molecule has 0 aliphatic heterocycles. The molecule has 90 valence electrons. The maximum absolute atomic E-state index is 5.47. The number of para-hydroxylation sites is 1. The summed E-state index contributed by atoms with van der Waals surface area (Å²) in [4.78, 5) is 4.12. The number of rotatable bonds is 6. The summed E-state index contributed by atoms with van der Waals surface area (Å²) in [6.45, 7) is 2.86. The van der Waals surface area contributed by atoms with Crippen molar-refractivity contribution >= 4 is 0 Å². The highest BCUT2D eigenvalue weighted by molar-refractivity contribution is 5.29. The van der Waals surface area contributed by atoms with E-state index < -0.39 is 0 Å². The molecule has 0 amide bonds. The number of nitrogens with zero attached hydrogens (tertiary/aromatic N) is 3. The highest BCUT2D eigenvalue weighted by Crippen LogP contribution is 2.08. The Labute approximate surface area is 101 Å². The number of ether oxygens (including phenoxy) is 1. The summed E-state index contributed by atoms with van der Waals surface area (Å²) in [5, 5.41) is 4.26. The largest absolute Gasteiger partial charge is 0.462 e. The van der Waals surface area contributed by atoms with E-state index in [1.165, 1.54) is 12.8 Å². The quantitative estimate of drug-likeness (QED) is 0.718. The van der Waals surface area contributed by atoms with Gasteiger partial charge in [-0.3, -0.25) is 0 Å².